The quantitative estimate of drug-likeness (QED) is 0.871. The summed E-state index contributed by atoms with van der Waals surface area (Å²) in [4.78, 5) is 14.4. The van der Waals surface area contributed by atoms with Crippen LogP contribution in [0.1, 0.15) is 20.8 Å². The maximum absolute atomic E-state index is 12.4. The first kappa shape index (κ1) is 17.1. The number of aromatic nitrogens is 2. The molecule has 23 heavy (non-hydrogen) atoms. The van der Waals surface area contributed by atoms with Crippen LogP contribution in [-0.4, -0.2) is 53.6 Å². The fraction of sp³-hybridized carbons (Fsp3) is 0.500. The number of hydrogen-bond acceptors (Lipinski definition) is 6. The van der Waals surface area contributed by atoms with Crippen molar-refractivity contribution in [3.63, 3.8) is 0 Å². The second-order valence-electron chi connectivity index (χ2n) is 6.63. The molecule has 7 heteroatoms. The van der Waals surface area contributed by atoms with Gasteiger partial charge in [-0.25, -0.2) is 4.79 Å². The van der Waals surface area contributed by atoms with E-state index in [-0.39, 0.29) is 0 Å². The molecule has 1 aromatic carbocycles. The van der Waals surface area contributed by atoms with Gasteiger partial charge in [-0.1, -0.05) is 0 Å². The van der Waals surface area contributed by atoms with E-state index in [2.05, 4.69) is 5.10 Å². The minimum atomic E-state index is -0.609. The van der Waals surface area contributed by atoms with Crippen LogP contribution in [-0.2, 0) is 4.74 Å². The van der Waals surface area contributed by atoms with Crippen LogP contribution in [0.15, 0.2) is 18.2 Å². The van der Waals surface area contributed by atoms with E-state index in [1.807, 2.05) is 19.0 Å². The summed E-state index contributed by atoms with van der Waals surface area (Å²) < 4.78 is 12.3. The Hall–Kier alpha value is -2.28. The van der Waals surface area contributed by atoms with Crippen LogP contribution >= 0.6 is 0 Å². The van der Waals surface area contributed by atoms with E-state index in [9.17, 15) is 4.79 Å². The molecule has 0 bridgehead atoms. The molecule has 0 amide bonds. The number of carbonyl (C=O) groups is 1. The third kappa shape index (κ3) is 4.35. The van der Waals surface area contributed by atoms with Crippen molar-refractivity contribution < 1.29 is 14.3 Å². The Morgan fingerprint density at radius 1 is 1.35 bits per heavy atom. The number of fused-ring (bicyclic) bond motifs is 1. The van der Waals surface area contributed by atoms with Crippen LogP contribution in [0.2, 0.25) is 0 Å². The molecular formula is C16H24N4O3. The van der Waals surface area contributed by atoms with E-state index >= 15 is 0 Å². The van der Waals surface area contributed by atoms with Gasteiger partial charge in [-0.15, -0.1) is 5.10 Å². The number of anilines is 1. The van der Waals surface area contributed by atoms with Crippen molar-refractivity contribution in [2.24, 2.45) is 0 Å². The second kappa shape index (κ2) is 6.45. The van der Waals surface area contributed by atoms with E-state index in [0.29, 0.717) is 23.7 Å². The SMILES string of the molecule is CN(C)CCOc1nn(C(=O)OC(C)(C)C)c2cc(N)ccc12. The van der Waals surface area contributed by atoms with Crippen molar-refractivity contribution in [3.05, 3.63) is 18.2 Å². The van der Waals surface area contributed by atoms with Crippen LogP contribution in [0, 0.1) is 0 Å². The molecule has 0 fully saturated rings. The number of carbonyl (C=O) groups excluding carboxylic acids is 1. The average Bonchev–Trinajstić information content (AvgIpc) is 2.74. The van der Waals surface area contributed by atoms with Crippen molar-refractivity contribution in [2.75, 3.05) is 33.0 Å². The van der Waals surface area contributed by atoms with Crippen LogP contribution in [0.4, 0.5) is 10.5 Å². The predicted molar refractivity (Wildman–Crippen MR) is 89.8 cm³/mol. The fourth-order valence-corrected chi connectivity index (χ4v) is 1.98. The molecule has 0 aliphatic rings. The van der Waals surface area contributed by atoms with Crippen molar-refractivity contribution in [1.82, 2.24) is 14.7 Å². The molecule has 126 valence electrons. The Morgan fingerprint density at radius 3 is 2.65 bits per heavy atom. The molecule has 0 atom stereocenters. The normalized spacial score (nSPS) is 11.9. The monoisotopic (exact) mass is 320 g/mol. The summed E-state index contributed by atoms with van der Waals surface area (Å²) in [6.07, 6.45) is -0.560. The second-order valence-corrected chi connectivity index (χ2v) is 6.63. The Morgan fingerprint density at radius 2 is 2.04 bits per heavy atom. The lowest BCUT2D eigenvalue weighted by molar-refractivity contribution is 0.0519. The zero-order valence-corrected chi connectivity index (χ0v) is 14.3. The Balaban J connectivity index is 2.36. The van der Waals surface area contributed by atoms with Gasteiger partial charge in [-0.2, -0.15) is 4.68 Å². The number of ether oxygens (including phenoxy) is 2. The lowest BCUT2D eigenvalue weighted by atomic mass is 10.2. The van der Waals surface area contributed by atoms with Gasteiger partial charge in [0.15, 0.2) is 0 Å². The van der Waals surface area contributed by atoms with E-state index in [0.717, 1.165) is 11.9 Å². The fourth-order valence-electron chi connectivity index (χ4n) is 1.98. The molecule has 2 N–H and O–H groups in total. The largest absolute Gasteiger partial charge is 0.475 e. The first-order valence-corrected chi connectivity index (χ1v) is 7.46. The van der Waals surface area contributed by atoms with E-state index in [4.69, 9.17) is 15.2 Å². The van der Waals surface area contributed by atoms with Crippen molar-refractivity contribution >= 4 is 22.7 Å². The lowest BCUT2D eigenvalue weighted by Crippen LogP contribution is -2.27. The molecule has 1 heterocycles. The molecule has 2 rings (SSSR count). The molecule has 0 unspecified atom stereocenters. The number of benzene rings is 1. The van der Waals surface area contributed by atoms with Gasteiger partial charge < -0.3 is 20.1 Å². The molecule has 7 nitrogen and oxygen atoms in total. The number of nitrogens with two attached hydrogens (primary N) is 1. The minimum Gasteiger partial charge on any atom is -0.475 e. The minimum absolute atomic E-state index is 0.396. The maximum Gasteiger partial charge on any atom is 0.435 e. The summed E-state index contributed by atoms with van der Waals surface area (Å²) in [6.45, 7) is 6.63. The van der Waals surface area contributed by atoms with Crippen molar-refractivity contribution in [3.8, 4) is 5.88 Å². The topological polar surface area (TPSA) is 82.6 Å². The third-order valence-electron chi connectivity index (χ3n) is 3.01. The van der Waals surface area contributed by atoms with Gasteiger partial charge in [0.05, 0.1) is 10.9 Å². The number of nitrogen functional groups attached to an aromatic ring is 1. The highest BCUT2D eigenvalue weighted by atomic mass is 16.6. The highest BCUT2D eigenvalue weighted by Crippen LogP contribution is 2.27. The number of likely N-dealkylation sites (N-methyl/N-ethyl adjacent to an activating group) is 1. The van der Waals surface area contributed by atoms with Crippen LogP contribution < -0.4 is 10.5 Å². The van der Waals surface area contributed by atoms with Crippen LogP contribution in [0.25, 0.3) is 10.9 Å². The molecule has 0 aliphatic heterocycles. The Kier molecular flexibility index (Phi) is 4.79. The summed E-state index contributed by atoms with van der Waals surface area (Å²) in [5.41, 5.74) is 6.33. The number of nitrogens with zero attached hydrogens (tertiary/aromatic N) is 3. The van der Waals surface area contributed by atoms with Gasteiger partial charge in [0.1, 0.15) is 12.2 Å². The van der Waals surface area contributed by atoms with Gasteiger partial charge in [0.25, 0.3) is 0 Å². The molecule has 2 aromatic rings. The first-order chi connectivity index (χ1) is 10.7. The smallest absolute Gasteiger partial charge is 0.435 e. The zero-order chi connectivity index (χ0) is 17.2. The molecule has 1 aromatic heterocycles. The zero-order valence-electron chi connectivity index (χ0n) is 14.3. The Labute approximate surface area is 135 Å². The van der Waals surface area contributed by atoms with Gasteiger partial charge >= 0.3 is 6.09 Å². The summed E-state index contributed by atoms with van der Waals surface area (Å²) in [7, 11) is 3.92. The third-order valence-corrected chi connectivity index (χ3v) is 3.01. The highest BCUT2D eigenvalue weighted by Gasteiger charge is 2.22. The summed E-state index contributed by atoms with van der Waals surface area (Å²) in [6, 6.07) is 5.23. The maximum atomic E-state index is 12.4. The van der Waals surface area contributed by atoms with Crippen molar-refractivity contribution in [2.45, 2.75) is 26.4 Å². The van der Waals surface area contributed by atoms with E-state index in [1.54, 1.807) is 39.0 Å². The number of rotatable bonds is 4. The van der Waals surface area contributed by atoms with E-state index < -0.39 is 11.7 Å². The van der Waals surface area contributed by atoms with E-state index in [1.165, 1.54) is 4.68 Å². The van der Waals surface area contributed by atoms with Gasteiger partial charge in [0, 0.05) is 12.2 Å². The highest BCUT2D eigenvalue weighted by molar-refractivity contribution is 5.93. The van der Waals surface area contributed by atoms with Gasteiger partial charge in [0.2, 0.25) is 5.88 Å². The predicted octanol–water partition coefficient (Wildman–Crippen LogP) is 2.34. The Bertz CT molecular complexity index is 701. The van der Waals surface area contributed by atoms with Crippen LogP contribution in [0.3, 0.4) is 0 Å². The summed E-state index contributed by atoms with van der Waals surface area (Å²) in [5, 5.41) is 4.98. The molecule has 0 radical (unpaired) electrons. The molecular weight excluding hydrogens is 296 g/mol. The van der Waals surface area contributed by atoms with Gasteiger partial charge in [-0.3, -0.25) is 0 Å². The van der Waals surface area contributed by atoms with Gasteiger partial charge in [-0.05, 0) is 53.1 Å². The molecule has 0 saturated carbocycles. The van der Waals surface area contributed by atoms with Crippen molar-refractivity contribution in [1.29, 1.82) is 0 Å². The average molecular weight is 320 g/mol. The molecule has 0 aliphatic carbocycles. The summed E-state index contributed by atoms with van der Waals surface area (Å²) >= 11 is 0. The standard InChI is InChI=1S/C16H24N4O3/c1-16(2,3)23-15(21)20-13-10-11(17)6-7-12(13)14(18-20)22-9-8-19(4)5/h6-7,10H,8-9,17H2,1-5H3. The number of hydrogen-bond donors (Lipinski definition) is 1. The lowest BCUT2D eigenvalue weighted by Gasteiger charge is -2.19. The molecule has 0 spiro atoms. The van der Waals surface area contributed by atoms with Crippen LogP contribution in [0.5, 0.6) is 5.88 Å². The molecule has 0 saturated heterocycles. The first-order valence-electron chi connectivity index (χ1n) is 7.46. The summed E-state index contributed by atoms with van der Waals surface area (Å²) in [5.74, 6) is 0.396.